The smallest absolute Gasteiger partial charge is 0.319 e. The van der Waals surface area contributed by atoms with Crippen molar-refractivity contribution in [1.29, 1.82) is 0 Å². The van der Waals surface area contributed by atoms with E-state index in [0.717, 1.165) is 175 Å². The van der Waals surface area contributed by atoms with E-state index in [1.54, 1.807) is 86.2 Å². The van der Waals surface area contributed by atoms with Gasteiger partial charge in [0.2, 0.25) is 5.91 Å². The number of amides is 5. The summed E-state index contributed by atoms with van der Waals surface area (Å²) in [6, 6.07) is 29.1. The van der Waals surface area contributed by atoms with Crippen molar-refractivity contribution in [3.05, 3.63) is 162 Å². The Hall–Kier alpha value is -11.6. The normalized spacial score (nSPS) is 16.0. The number of thiazole rings is 1. The number of benzene rings is 3. The number of piperidine rings is 2. The fourth-order valence-electron chi connectivity index (χ4n) is 15.0. The number of nitrogen functional groups attached to an aromatic ring is 3. The van der Waals surface area contributed by atoms with Crippen molar-refractivity contribution in [3.63, 3.8) is 0 Å². The standard InChI is InChI=1S/C27H28N6OS.C25H26N8OS.C24H25N7O/c1-16(34)30-15-17-7-9-18(10-8-17)27-32-24(25-26(28)29-11-12-33(25)27)21-14-19-4-2-5-20(23(19)31-21)22-6-3-13-35-22;1-31(2)25(34)32-10-6-15(7-11-32)23-30-20(21-22(26)27-8-12-33(21)23)18-14-16-4-3-5-17(19(16)29-18)24-28-9-13-35-24;1-4-15-6-5-7-17-14-18(27-19(15)17)20-21-22(25)26-10-13-31(21)23(28-20)16-8-11-30(12-9-16)24(32)29(2)3/h2-6,11-14,17-18,31H,7-10,15H2,1H3,(H2,28,29)(H,30,34);3-5,8-9,12-15,29H,6-7,10-11H2,1-2H3,(H2,26,27);1,5-7,10,13-14,16,27H,8-9,11-12H2,2-3H3,(H2,25,26). The van der Waals surface area contributed by atoms with Crippen molar-refractivity contribution in [2.24, 2.45) is 5.92 Å². The number of imidazole rings is 3. The zero-order valence-corrected chi connectivity index (χ0v) is 59.0. The van der Waals surface area contributed by atoms with Crippen LogP contribution < -0.4 is 22.5 Å². The van der Waals surface area contributed by atoms with Crippen LogP contribution in [-0.4, -0.2) is 162 Å². The van der Waals surface area contributed by atoms with Gasteiger partial charge in [0.15, 0.2) is 0 Å². The molecule has 1 aliphatic carbocycles. The summed E-state index contributed by atoms with van der Waals surface area (Å²) in [5, 5.41) is 11.3. The second kappa shape index (κ2) is 27.9. The van der Waals surface area contributed by atoms with Crippen molar-refractivity contribution in [2.45, 2.75) is 76.0 Å². The fraction of sp³-hybridized carbons (Fsp3) is 0.289. The molecular weight excluding hydrogens is 1320 g/mol. The number of terminal acetylenes is 1. The molecule has 1 saturated carbocycles. The van der Waals surface area contributed by atoms with Crippen molar-refractivity contribution < 1.29 is 14.4 Å². The van der Waals surface area contributed by atoms with Crippen molar-refractivity contribution in [1.82, 2.24) is 88.0 Å². The summed E-state index contributed by atoms with van der Waals surface area (Å²) < 4.78 is 6.24. The van der Waals surface area contributed by atoms with Gasteiger partial charge in [-0.3, -0.25) is 18.0 Å². The molecule has 0 spiro atoms. The summed E-state index contributed by atoms with van der Waals surface area (Å²) in [5.74, 6) is 8.38. The summed E-state index contributed by atoms with van der Waals surface area (Å²) in [7, 11) is 7.15. The lowest BCUT2D eigenvalue weighted by Crippen LogP contribution is -2.43. The molecule has 26 heteroatoms. The number of nitrogens with zero attached hydrogens (tertiary/aromatic N) is 14. The maximum Gasteiger partial charge on any atom is 0.319 e. The largest absolute Gasteiger partial charge is 0.382 e. The molecule has 5 amide bonds. The van der Waals surface area contributed by atoms with Crippen molar-refractivity contribution in [3.8, 4) is 67.5 Å². The third-order valence-electron chi connectivity index (χ3n) is 20.0. The average molecular weight is 1400 g/mol. The Morgan fingerprint density at radius 3 is 1.41 bits per heavy atom. The average Bonchev–Trinajstić information content (AvgIpc) is 1.61. The van der Waals surface area contributed by atoms with Crippen LogP contribution in [0.3, 0.4) is 0 Å². The first-order chi connectivity index (χ1) is 49.6. The number of fused-ring (bicyclic) bond motifs is 6. The third kappa shape index (κ3) is 12.6. The molecule has 2 saturated heterocycles. The van der Waals surface area contributed by atoms with Gasteiger partial charge < -0.3 is 57.1 Å². The van der Waals surface area contributed by atoms with E-state index < -0.39 is 0 Å². The number of nitrogens with one attached hydrogen (secondary N) is 4. The highest BCUT2D eigenvalue weighted by molar-refractivity contribution is 7.13. The van der Waals surface area contributed by atoms with Crippen LogP contribution in [0.25, 0.3) is 104 Å². The maximum absolute atomic E-state index is 12.4. The van der Waals surface area contributed by atoms with E-state index in [1.165, 1.54) is 10.4 Å². The van der Waals surface area contributed by atoms with Crippen molar-refractivity contribution in [2.75, 3.05) is 78.1 Å². The number of aromatic amines is 3. The minimum absolute atomic E-state index is 0.0413. The van der Waals surface area contributed by atoms with Crippen LogP contribution >= 0.6 is 22.7 Å². The van der Waals surface area contributed by atoms with Gasteiger partial charge in [-0.2, -0.15) is 0 Å². The molecule has 14 aromatic rings. The molecule has 10 N–H and O–H groups in total. The Labute approximate surface area is 596 Å². The first-order valence-electron chi connectivity index (χ1n) is 34.4. The minimum Gasteiger partial charge on any atom is -0.382 e. The summed E-state index contributed by atoms with van der Waals surface area (Å²) in [4.78, 5) is 87.8. The van der Waals surface area contributed by atoms with Crippen LogP contribution in [0.4, 0.5) is 27.0 Å². The highest BCUT2D eigenvalue weighted by atomic mass is 32.1. The predicted molar refractivity (Wildman–Crippen MR) is 405 cm³/mol. The number of nitrogens with two attached hydrogens (primary N) is 3. The number of anilines is 3. The van der Waals surface area contributed by atoms with E-state index in [-0.39, 0.29) is 29.8 Å². The number of urea groups is 2. The molecule has 0 radical (unpaired) electrons. The molecule has 24 nitrogen and oxygen atoms in total. The number of aromatic nitrogens is 13. The Morgan fingerprint density at radius 1 is 0.539 bits per heavy atom. The van der Waals surface area contributed by atoms with E-state index in [4.69, 9.17) is 38.6 Å². The van der Waals surface area contributed by atoms with Gasteiger partial charge >= 0.3 is 12.1 Å². The third-order valence-corrected chi connectivity index (χ3v) is 21.8. The number of hydrogen-bond acceptors (Lipinski definition) is 15. The number of para-hydroxylation sites is 3. The first kappa shape index (κ1) is 66.3. The number of hydrogen-bond donors (Lipinski definition) is 7. The number of carbonyl (C=O) groups excluding carboxylic acids is 3. The SMILES string of the molecule is C#Cc1cccc2cc(-c3nc(C4CCN(C(=O)N(C)C)CC4)n4ccnc(N)c34)[nH]c12.CC(=O)NCC1CCC(c2nc(-c3cc4cccc(-c5cccs5)c4[nH]3)c3c(N)nccn23)CC1.CN(C)C(=O)N1CCC(c2nc(-c3cc4cccc(-c5nccs5)c4[nH]3)c3c(N)nccn23)CC1. The molecule has 3 aromatic carbocycles. The van der Waals surface area contributed by atoms with Crippen molar-refractivity contribution >= 4 is 107 Å². The molecule has 518 valence electrons. The second-order valence-corrected chi connectivity index (χ2v) is 28.7. The van der Waals surface area contributed by atoms with E-state index in [9.17, 15) is 14.4 Å². The van der Waals surface area contributed by atoms with Crippen LogP contribution in [0.15, 0.2) is 139 Å². The number of H-pyrrole nitrogens is 3. The van der Waals surface area contributed by atoms with Gasteiger partial charge in [0.05, 0.1) is 33.6 Å². The molecule has 0 unspecified atom stereocenters. The second-order valence-electron chi connectivity index (χ2n) is 26.9. The van der Waals surface area contributed by atoms with Gasteiger partial charge in [-0.25, -0.2) is 44.5 Å². The van der Waals surface area contributed by atoms with Gasteiger partial charge in [0, 0.05) is 172 Å². The Bertz CT molecular complexity index is 5470. The molecule has 17 rings (SSSR count). The Kier molecular flexibility index (Phi) is 18.1. The number of rotatable bonds is 10. The van der Waals surface area contributed by atoms with Gasteiger partial charge in [0.1, 0.15) is 73.6 Å². The number of thiophene rings is 1. The molecule has 11 aromatic heterocycles. The summed E-state index contributed by atoms with van der Waals surface area (Å²) >= 11 is 3.35. The van der Waals surface area contributed by atoms with E-state index in [0.29, 0.717) is 55.5 Å². The lowest BCUT2D eigenvalue weighted by molar-refractivity contribution is -0.119. The van der Waals surface area contributed by atoms with Gasteiger partial charge in [0.25, 0.3) is 0 Å². The number of likely N-dealkylation sites (tertiary alicyclic amines) is 2. The lowest BCUT2D eigenvalue weighted by Gasteiger charge is -2.33. The van der Waals surface area contributed by atoms with Crippen LogP contribution in [0, 0.1) is 18.3 Å². The van der Waals surface area contributed by atoms with Gasteiger partial charge in [-0.05, 0) is 99.1 Å². The lowest BCUT2D eigenvalue weighted by atomic mass is 9.81. The Balaban J connectivity index is 0.000000124. The molecular formula is C76H79N21O3S2. The monoisotopic (exact) mass is 1400 g/mol. The van der Waals surface area contributed by atoms with E-state index in [2.05, 4.69) is 115 Å². The quantitative estimate of drug-likeness (QED) is 0.0627. The zero-order valence-electron chi connectivity index (χ0n) is 57.4. The number of carbonyl (C=O) groups is 3. The van der Waals surface area contributed by atoms with Gasteiger partial charge in [-0.15, -0.1) is 29.1 Å². The fourth-order valence-corrected chi connectivity index (χ4v) is 16.4. The zero-order chi connectivity index (χ0) is 70.4. The Morgan fingerprint density at radius 2 is 0.980 bits per heavy atom. The van der Waals surface area contributed by atoms with E-state index >= 15 is 0 Å². The summed E-state index contributed by atoms with van der Waals surface area (Å²) in [5.41, 5.74) is 32.7. The first-order valence-corrected chi connectivity index (χ1v) is 36.1. The van der Waals surface area contributed by atoms with Crippen LogP contribution in [-0.2, 0) is 4.79 Å². The predicted octanol–water partition coefficient (Wildman–Crippen LogP) is 13.3. The maximum atomic E-state index is 12.4. The minimum atomic E-state index is 0.0413. The molecule has 13 heterocycles. The van der Waals surface area contributed by atoms with E-state index in [1.807, 2.05) is 74.7 Å². The highest BCUT2D eigenvalue weighted by Gasteiger charge is 2.33. The highest BCUT2D eigenvalue weighted by Crippen LogP contribution is 2.43. The van der Waals surface area contributed by atoms with Crippen LogP contribution in [0.2, 0.25) is 0 Å². The van der Waals surface area contributed by atoms with Crippen LogP contribution in [0.1, 0.15) is 99.1 Å². The van der Waals surface area contributed by atoms with Crippen LogP contribution in [0.5, 0.6) is 0 Å². The molecule has 102 heavy (non-hydrogen) atoms. The van der Waals surface area contributed by atoms with Gasteiger partial charge in [-0.1, -0.05) is 54.5 Å². The molecule has 3 fully saturated rings. The molecule has 2 aliphatic heterocycles. The summed E-state index contributed by atoms with van der Waals surface area (Å²) in [6.45, 7) is 5.14. The molecule has 3 aliphatic rings. The topological polar surface area (TPSA) is 305 Å². The molecule has 0 atom stereocenters. The summed E-state index contributed by atoms with van der Waals surface area (Å²) in [6.07, 6.45) is 26.1. The molecule has 0 bridgehead atoms.